The van der Waals surface area contributed by atoms with Gasteiger partial charge in [0.15, 0.2) is 0 Å². The highest BCUT2D eigenvalue weighted by Crippen LogP contribution is 2.31. The Bertz CT molecular complexity index is 567. The summed E-state index contributed by atoms with van der Waals surface area (Å²) in [5.74, 6) is 1.81. The maximum Gasteiger partial charge on any atom is 0.130 e. The molecule has 0 bridgehead atoms. The molecule has 1 aromatic carbocycles. The molecule has 0 amide bonds. The van der Waals surface area contributed by atoms with E-state index in [1.54, 1.807) is 0 Å². The van der Waals surface area contributed by atoms with Crippen LogP contribution in [0.15, 0.2) is 30.6 Å². The SMILES string of the molecule is Cc1c(N)ncnc1-c1ccccc1OCC(C)C. The number of para-hydroxylation sites is 1. The van der Waals surface area contributed by atoms with Crippen LogP contribution in [0.1, 0.15) is 19.4 Å². The van der Waals surface area contributed by atoms with E-state index in [1.165, 1.54) is 6.33 Å². The number of ether oxygens (including phenoxy) is 1. The molecule has 1 aromatic heterocycles. The summed E-state index contributed by atoms with van der Waals surface area (Å²) >= 11 is 0. The van der Waals surface area contributed by atoms with Gasteiger partial charge in [-0.3, -0.25) is 0 Å². The molecule has 0 fully saturated rings. The van der Waals surface area contributed by atoms with Crippen LogP contribution in [0.2, 0.25) is 0 Å². The standard InChI is InChI=1S/C15H19N3O/c1-10(2)8-19-13-7-5-4-6-12(13)14-11(3)15(16)18-9-17-14/h4-7,9-10H,8H2,1-3H3,(H2,16,17,18). The lowest BCUT2D eigenvalue weighted by molar-refractivity contribution is 0.272. The summed E-state index contributed by atoms with van der Waals surface area (Å²) < 4.78 is 5.85. The van der Waals surface area contributed by atoms with E-state index in [2.05, 4.69) is 23.8 Å². The molecule has 19 heavy (non-hydrogen) atoms. The van der Waals surface area contributed by atoms with E-state index in [1.807, 2.05) is 31.2 Å². The maximum atomic E-state index is 5.85. The Labute approximate surface area is 113 Å². The molecule has 0 unspecified atom stereocenters. The van der Waals surface area contributed by atoms with Crippen molar-refractivity contribution in [1.29, 1.82) is 0 Å². The zero-order chi connectivity index (χ0) is 13.8. The van der Waals surface area contributed by atoms with Crippen LogP contribution in [0.3, 0.4) is 0 Å². The van der Waals surface area contributed by atoms with Gasteiger partial charge in [0.1, 0.15) is 17.9 Å². The third-order valence-corrected chi connectivity index (χ3v) is 2.84. The van der Waals surface area contributed by atoms with Crippen LogP contribution in [0.25, 0.3) is 11.3 Å². The topological polar surface area (TPSA) is 61.0 Å². The summed E-state index contributed by atoms with van der Waals surface area (Å²) in [5, 5.41) is 0. The van der Waals surface area contributed by atoms with Gasteiger partial charge in [0.05, 0.1) is 12.3 Å². The molecule has 100 valence electrons. The lowest BCUT2D eigenvalue weighted by Gasteiger charge is -2.14. The van der Waals surface area contributed by atoms with Gasteiger partial charge in [-0.1, -0.05) is 26.0 Å². The van der Waals surface area contributed by atoms with Gasteiger partial charge in [-0.25, -0.2) is 9.97 Å². The van der Waals surface area contributed by atoms with Crippen LogP contribution in [0.4, 0.5) is 5.82 Å². The van der Waals surface area contributed by atoms with Gasteiger partial charge in [0, 0.05) is 11.1 Å². The van der Waals surface area contributed by atoms with E-state index in [0.29, 0.717) is 18.3 Å². The molecule has 2 aromatic rings. The zero-order valence-corrected chi connectivity index (χ0v) is 11.6. The molecular formula is C15H19N3O. The predicted molar refractivity (Wildman–Crippen MR) is 77.0 cm³/mol. The molecule has 2 rings (SSSR count). The van der Waals surface area contributed by atoms with E-state index in [-0.39, 0.29) is 0 Å². The van der Waals surface area contributed by atoms with Crippen molar-refractivity contribution in [2.75, 3.05) is 12.3 Å². The Morgan fingerprint density at radius 1 is 1.21 bits per heavy atom. The van der Waals surface area contributed by atoms with Crippen molar-refractivity contribution in [2.45, 2.75) is 20.8 Å². The summed E-state index contributed by atoms with van der Waals surface area (Å²) in [7, 11) is 0. The fourth-order valence-corrected chi connectivity index (χ4v) is 1.78. The molecule has 0 saturated carbocycles. The smallest absolute Gasteiger partial charge is 0.130 e. The van der Waals surface area contributed by atoms with Crippen LogP contribution >= 0.6 is 0 Å². The summed E-state index contributed by atoms with van der Waals surface area (Å²) in [6.07, 6.45) is 1.48. The highest BCUT2D eigenvalue weighted by atomic mass is 16.5. The summed E-state index contributed by atoms with van der Waals surface area (Å²) in [5.41, 5.74) is 8.50. The molecular weight excluding hydrogens is 238 g/mol. The molecule has 2 N–H and O–H groups in total. The zero-order valence-electron chi connectivity index (χ0n) is 11.6. The lowest BCUT2D eigenvalue weighted by atomic mass is 10.1. The number of hydrogen-bond donors (Lipinski definition) is 1. The van der Waals surface area contributed by atoms with Crippen LogP contribution in [0, 0.1) is 12.8 Å². The second-order valence-electron chi connectivity index (χ2n) is 4.93. The third-order valence-electron chi connectivity index (χ3n) is 2.84. The second-order valence-corrected chi connectivity index (χ2v) is 4.93. The number of benzene rings is 1. The minimum Gasteiger partial charge on any atom is -0.493 e. The highest BCUT2D eigenvalue weighted by Gasteiger charge is 2.12. The number of nitrogen functional groups attached to an aromatic ring is 1. The van der Waals surface area contributed by atoms with Crippen molar-refractivity contribution in [3.05, 3.63) is 36.2 Å². The van der Waals surface area contributed by atoms with E-state index in [0.717, 1.165) is 22.6 Å². The van der Waals surface area contributed by atoms with E-state index in [9.17, 15) is 0 Å². The van der Waals surface area contributed by atoms with Crippen LogP contribution < -0.4 is 10.5 Å². The predicted octanol–water partition coefficient (Wildman–Crippen LogP) is 3.07. The number of hydrogen-bond acceptors (Lipinski definition) is 4. The molecule has 0 aliphatic heterocycles. The van der Waals surface area contributed by atoms with Crippen LogP contribution in [0.5, 0.6) is 5.75 Å². The fourth-order valence-electron chi connectivity index (χ4n) is 1.78. The van der Waals surface area contributed by atoms with Crippen molar-refractivity contribution in [2.24, 2.45) is 5.92 Å². The third kappa shape index (κ3) is 3.02. The molecule has 4 heteroatoms. The molecule has 0 spiro atoms. The number of rotatable bonds is 4. The van der Waals surface area contributed by atoms with Gasteiger partial charge >= 0.3 is 0 Å². The van der Waals surface area contributed by atoms with Crippen molar-refractivity contribution in [1.82, 2.24) is 9.97 Å². The first-order valence-electron chi connectivity index (χ1n) is 6.39. The average molecular weight is 257 g/mol. The summed E-state index contributed by atoms with van der Waals surface area (Å²) in [4.78, 5) is 8.32. The van der Waals surface area contributed by atoms with Gasteiger partial charge in [0.2, 0.25) is 0 Å². The first-order valence-corrected chi connectivity index (χ1v) is 6.39. The molecule has 0 aliphatic carbocycles. The molecule has 0 aliphatic rings. The van der Waals surface area contributed by atoms with Crippen LogP contribution in [-0.2, 0) is 0 Å². The van der Waals surface area contributed by atoms with E-state index < -0.39 is 0 Å². The molecule has 1 heterocycles. The molecule has 0 radical (unpaired) electrons. The number of nitrogens with zero attached hydrogens (tertiary/aromatic N) is 2. The highest BCUT2D eigenvalue weighted by molar-refractivity contribution is 5.72. The molecule has 4 nitrogen and oxygen atoms in total. The Morgan fingerprint density at radius 2 is 1.95 bits per heavy atom. The second kappa shape index (κ2) is 5.69. The fraction of sp³-hybridized carbons (Fsp3) is 0.333. The minimum absolute atomic E-state index is 0.477. The van der Waals surface area contributed by atoms with Gasteiger partial charge < -0.3 is 10.5 Å². The van der Waals surface area contributed by atoms with Crippen molar-refractivity contribution < 1.29 is 4.74 Å². The Kier molecular flexibility index (Phi) is 4.00. The van der Waals surface area contributed by atoms with E-state index in [4.69, 9.17) is 10.5 Å². The molecule has 0 saturated heterocycles. The summed E-state index contributed by atoms with van der Waals surface area (Å²) in [6.45, 7) is 6.84. The quantitative estimate of drug-likeness (QED) is 0.914. The average Bonchev–Trinajstić information content (AvgIpc) is 2.40. The first-order chi connectivity index (χ1) is 9.09. The van der Waals surface area contributed by atoms with E-state index >= 15 is 0 Å². The Balaban J connectivity index is 2.41. The minimum atomic E-state index is 0.477. The van der Waals surface area contributed by atoms with Crippen molar-refractivity contribution >= 4 is 5.82 Å². The molecule has 0 atom stereocenters. The lowest BCUT2D eigenvalue weighted by Crippen LogP contribution is -2.06. The Hall–Kier alpha value is -2.10. The largest absolute Gasteiger partial charge is 0.493 e. The van der Waals surface area contributed by atoms with Gasteiger partial charge in [0.25, 0.3) is 0 Å². The summed E-state index contributed by atoms with van der Waals surface area (Å²) in [6, 6.07) is 7.87. The number of nitrogens with two attached hydrogens (primary N) is 1. The number of aromatic nitrogens is 2. The van der Waals surface area contributed by atoms with Gasteiger partial charge in [-0.15, -0.1) is 0 Å². The van der Waals surface area contributed by atoms with Crippen molar-refractivity contribution in [3.63, 3.8) is 0 Å². The van der Waals surface area contributed by atoms with Gasteiger partial charge in [-0.2, -0.15) is 0 Å². The van der Waals surface area contributed by atoms with Crippen molar-refractivity contribution in [3.8, 4) is 17.0 Å². The normalized spacial score (nSPS) is 10.7. The first kappa shape index (κ1) is 13.3. The number of anilines is 1. The van der Waals surface area contributed by atoms with Gasteiger partial charge in [-0.05, 0) is 25.0 Å². The van der Waals surface area contributed by atoms with Crippen LogP contribution in [-0.4, -0.2) is 16.6 Å². The Morgan fingerprint density at radius 3 is 2.68 bits per heavy atom. The monoisotopic (exact) mass is 257 g/mol. The maximum absolute atomic E-state index is 5.85.